The van der Waals surface area contributed by atoms with E-state index in [4.69, 9.17) is 20.1 Å². The lowest BCUT2D eigenvalue weighted by molar-refractivity contribution is 0.167. The van der Waals surface area contributed by atoms with Crippen molar-refractivity contribution in [1.82, 2.24) is 0 Å². The molecule has 2 heterocycles. The van der Waals surface area contributed by atoms with Crippen molar-refractivity contribution in [1.29, 1.82) is 0 Å². The van der Waals surface area contributed by atoms with Gasteiger partial charge in [-0.15, -0.1) is 0 Å². The van der Waals surface area contributed by atoms with E-state index in [2.05, 4.69) is 12.1 Å². The fraction of sp³-hybridized carbons (Fsp3) is 0.333. The van der Waals surface area contributed by atoms with Gasteiger partial charge in [-0.3, -0.25) is 5.01 Å². The van der Waals surface area contributed by atoms with E-state index >= 15 is 0 Å². The Balaban J connectivity index is 1.72. The van der Waals surface area contributed by atoms with Gasteiger partial charge >= 0.3 is 0 Å². The second-order valence-corrected chi connectivity index (χ2v) is 5.94. The summed E-state index contributed by atoms with van der Waals surface area (Å²) < 4.78 is 17.3. The van der Waals surface area contributed by atoms with Crippen molar-refractivity contribution in [2.45, 2.75) is 6.42 Å². The summed E-state index contributed by atoms with van der Waals surface area (Å²) in [5.41, 5.74) is 2.96. The van der Waals surface area contributed by atoms with Crippen molar-refractivity contribution < 1.29 is 14.2 Å². The van der Waals surface area contributed by atoms with Gasteiger partial charge in [0.25, 0.3) is 0 Å². The van der Waals surface area contributed by atoms with E-state index in [-0.39, 0.29) is 0 Å². The summed E-state index contributed by atoms with van der Waals surface area (Å²) in [5, 5.41) is 1.60. The van der Waals surface area contributed by atoms with Gasteiger partial charge in [-0.2, -0.15) is 0 Å². The van der Waals surface area contributed by atoms with E-state index < -0.39 is 0 Å². The summed E-state index contributed by atoms with van der Waals surface area (Å²) >= 11 is 0. The predicted octanol–water partition coefficient (Wildman–Crippen LogP) is 2.80. The maximum atomic E-state index is 6.21. The molecule has 0 saturated carbocycles. The maximum Gasteiger partial charge on any atom is 0.175 e. The molecule has 0 spiro atoms. The van der Waals surface area contributed by atoms with Crippen molar-refractivity contribution in [3.63, 3.8) is 0 Å². The Bertz CT molecular complexity index is 684. The molecule has 5 nitrogen and oxygen atoms in total. The average Bonchev–Trinajstić information content (AvgIpc) is 3.24. The van der Waals surface area contributed by atoms with Gasteiger partial charge in [0.15, 0.2) is 18.2 Å². The number of nitrogens with zero attached hydrogens (tertiary/aromatic N) is 1. The third-order valence-corrected chi connectivity index (χ3v) is 4.31. The molecular weight excluding hydrogens is 292 g/mol. The molecule has 0 radical (unpaired) electrons. The van der Waals surface area contributed by atoms with E-state index in [9.17, 15) is 0 Å². The Kier molecular flexibility index (Phi) is 3.81. The van der Waals surface area contributed by atoms with Gasteiger partial charge in [-0.05, 0) is 24.1 Å². The van der Waals surface area contributed by atoms with Gasteiger partial charge in [-0.25, -0.2) is 5.84 Å². The average molecular weight is 312 g/mol. The Hall–Kier alpha value is -2.24. The number of hydrazine groups is 1. The summed E-state index contributed by atoms with van der Waals surface area (Å²) in [5.74, 6) is 8.08. The normalized spacial score (nSPS) is 19.5. The molecule has 2 aromatic carbocycles. The fourth-order valence-electron chi connectivity index (χ4n) is 3.05. The van der Waals surface area contributed by atoms with E-state index in [1.807, 2.05) is 30.3 Å². The minimum Gasteiger partial charge on any atom is -0.490 e. The highest BCUT2D eigenvalue weighted by molar-refractivity contribution is 5.83. The number of anilines is 1. The van der Waals surface area contributed by atoms with Crippen LogP contribution in [0.15, 0.2) is 42.5 Å². The van der Waals surface area contributed by atoms with Crippen LogP contribution >= 0.6 is 0 Å². The zero-order valence-corrected chi connectivity index (χ0v) is 12.9. The highest BCUT2D eigenvalue weighted by Crippen LogP contribution is 2.46. The third-order valence-electron chi connectivity index (χ3n) is 4.31. The molecular formula is C18H20N2O3. The van der Waals surface area contributed by atoms with Gasteiger partial charge in [0.05, 0.1) is 13.2 Å². The summed E-state index contributed by atoms with van der Waals surface area (Å²) in [6.07, 6.45) is 1.04. The molecule has 1 saturated heterocycles. The largest absolute Gasteiger partial charge is 0.490 e. The minimum absolute atomic E-state index is 0.344. The number of ether oxygens (including phenoxy) is 3. The van der Waals surface area contributed by atoms with Crippen LogP contribution in [0.1, 0.15) is 6.42 Å². The number of rotatable bonds is 4. The molecule has 2 aromatic rings. The van der Waals surface area contributed by atoms with Crippen LogP contribution < -0.4 is 20.3 Å². The highest BCUT2D eigenvalue weighted by Gasteiger charge is 2.27. The summed E-state index contributed by atoms with van der Waals surface area (Å²) in [6, 6.07) is 14.2. The molecule has 1 unspecified atom stereocenters. The lowest BCUT2D eigenvalue weighted by Crippen LogP contribution is -2.30. The molecule has 0 bridgehead atoms. The van der Waals surface area contributed by atoms with Crippen LogP contribution in [0.5, 0.6) is 11.5 Å². The van der Waals surface area contributed by atoms with Gasteiger partial charge < -0.3 is 14.2 Å². The molecule has 23 heavy (non-hydrogen) atoms. The number of nitrogens with two attached hydrogens (primary N) is 1. The topological polar surface area (TPSA) is 57.0 Å². The summed E-state index contributed by atoms with van der Waals surface area (Å²) in [7, 11) is 0. The van der Waals surface area contributed by atoms with Gasteiger partial charge in [0, 0.05) is 18.1 Å². The zero-order valence-electron chi connectivity index (χ0n) is 12.9. The molecule has 2 aliphatic heterocycles. The Labute approximate surface area is 135 Å². The molecule has 0 aromatic heterocycles. The van der Waals surface area contributed by atoms with E-state index in [0.717, 1.165) is 47.9 Å². The fourth-order valence-corrected chi connectivity index (χ4v) is 3.05. The molecule has 2 N–H and O–H groups in total. The van der Waals surface area contributed by atoms with E-state index in [0.29, 0.717) is 19.3 Å². The van der Waals surface area contributed by atoms with Crippen molar-refractivity contribution in [2.24, 2.45) is 11.8 Å². The molecule has 4 rings (SSSR count). The van der Waals surface area contributed by atoms with Crippen molar-refractivity contribution in [3.8, 4) is 22.6 Å². The first-order valence-corrected chi connectivity index (χ1v) is 7.91. The smallest absolute Gasteiger partial charge is 0.175 e. The lowest BCUT2D eigenvalue weighted by atomic mass is 10.0. The standard InChI is InChI=1S/C18H20N2O3/c19-20-12-23-16-7-6-15(14-4-2-1-3-5-14)18(17(16)20)22-11-13-8-9-21-10-13/h1-7,13H,8-12,19H2. The monoisotopic (exact) mass is 312 g/mol. The van der Waals surface area contributed by atoms with Crippen LogP contribution in [0.3, 0.4) is 0 Å². The SMILES string of the molecule is NN1COc2ccc(-c3ccccc3)c(OCC3CCOC3)c21. The first-order chi connectivity index (χ1) is 11.3. The van der Waals surface area contributed by atoms with Crippen LogP contribution in [0.2, 0.25) is 0 Å². The van der Waals surface area contributed by atoms with E-state index in [1.54, 1.807) is 5.01 Å². The molecule has 0 amide bonds. The number of hydrogen-bond acceptors (Lipinski definition) is 5. The minimum atomic E-state index is 0.344. The molecule has 1 atom stereocenters. The molecule has 5 heteroatoms. The Morgan fingerprint density at radius 2 is 2.04 bits per heavy atom. The van der Waals surface area contributed by atoms with Crippen LogP contribution in [0.25, 0.3) is 11.1 Å². The highest BCUT2D eigenvalue weighted by atomic mass is 16.5. The second kappa shape index (κ2) is 6.10. The maximum absolute atomic E-state index is 6.21. The molecule has 0 aliphatic carbocycles. The molecule has 1 fully saturated rings. The third kappa shape index (κ3) is 2.73. The lowest BCUT2D eigenvalue weighted by Gasteiger charge is -2.19. The van der Waals surface area contributed by atoms with Crippen LogP contribution in [-0.4, -0.2) is 26.6 Å². The summed E-state index contributed by atoms with van der Waals surface area (Å²) in [4.78, 5) is 0. The first-order valence-electron chi connectivity index (χ1n) is 7.91. The van der Waals surface area contributed by atoms with Gasteiger partial charge in [-0.1, -0.05) is 30.3 Å². The van der Waals surface area contributed by atoms with Crippen molar-refractivity contribution in [2.75, 3.05) is 31.6 Å². The first kappa shape index (κ1) is 14.4. The van der Waals surface area contributed by atoms with Gasteiger partial charge in [0.2, 0.25) is 0 Å². The van der Waals surface area contributed by atoms with Crippen LogP contribution in [0.4, 0.5) is 5.69 Å². The predicted molar refractivity (Wildman–Crippen MR) is 88.5 cm³/mol. The van der Waals surface area contributed by atoms with Crippen LogP contribution in [-0.2, 0) is 4.74 Å². The number of benzene rings is 2. The van der Waals surface area contributed by atoms with E-state index in [1.165, 1.54) is 0 Å². The second-order valence-electron chi connectivity index (χ2n) is 5.94. The molecule has 2 aliphatic rings. The number of fused-ring (bicyclic) bond motifs is 1. The van der Waals surface area contributed by atoms with Crippen LogP contribution in [0, 0.1) is 5.92 Å². The number of hydrogen-bond donors (Lipinski definition) is 1. The quantitative estimate of drug-likeness (QED) is 0.880. The Morgan fingerprint density at radius 3 is 2.83 bits per heavy atom. The van der Waals surface area contributed by atoms with Crippen molar-refractivity contribution in [3.05, 3.63) is 42.5 Å². The Morgan fingerprint density at radius 1 is 1.17 bits per heavy atom. The van der Waals surface area contributed by atoms with Gasteiger partial charge in [0.1, 0.15) is 5.69 Å². The van der Waals surface area contributed by atoms with Crippen molar-refractivity contribution >= 4 is 5.69 Å². The molecule has 120 valence electrons. The summed E-state index contributed by atoms with van der Waals surface area (Å²) in [6.45, 7) is 2.55. The zero-order chi connectivity index (χ0) is 15.6.